The van der Waals surface area contributed by atoms with Crippen LogP contribution >= 0.6 is 0 Å². The molecular formula is C9H10N2O2. The molecule has 1 atom stereocenters. The molecule has 0 spiro atoms. The monoisotopic (exact) mass is 178 g/mol. The largest absolute Gasteiger partial charge is 0.395 e. The molecule has 1 aromatic rings. The summed E-state index contributed by atoms with van der Waals surface area (Å²) in [7, 11) is 0. The summed E-state index contributed by atoms with van der Waals surface area (Å²) in [6.07, 6.45) is 0. The highest BCUT2D eigenvalue weighted by Crippen LogP contribution is 2.34. The molecule has 3 N–H and O–H groups in total. The molecule has 0 radical (unpaired) electrons. The summed E-state index contributed by atoms with van der Waals surface area (Å²) in [5.74, 6) is 4.80. The number of benzene rings is 1. The Labute approximate surface area is 75.5 Å². The average molecular weight is 178 g/mol. The van der Waals surface area contributed by atoms with E-state index in [0.29, 0.717) is 5.69 Å². The van der Waals surface area contributed by atoms with Gasteiger partial charge in [-0.2, -0.15) is 0 Å². The number of aliphatic hydroxyl groups excluding tert-OH is 1. The van der Waals surface area contributed by atoms with Crippen LogP contribution in [0.5, 0.6) is 0 Å². The minimum Gasteiger partial charge on any atom is -0.395 e. The van der Waals surface area contributed by atoms with Gasteiger partial charge in [-0.15, -0.1) is 0 Å². The molecule has 1 heterocycles. The quantitative estimate of drug-likeness (QED) is 0.469. The molecule has 4 heteroatoms. The molecule has 13 heavy (non-hydrogen) atoms. The lowest BCUT2D eigenvalue weighted by Crippen LogP contribution is -2.35. The van der Waals surface area contributed by atoms with E-state index in [1.165, 1.54) is 0 Å². The van der Waals surface area contributed by atoms with Crippen molar-refractivity contribution in [2.45, 2.75) is 5.92 Å². The number of amides is 1. The molecule has 0 aromatic heterocycles. The zero-order chi connectivity index (χ0) is 9.42. The number of hydrogen-bond acceptors (Lipinski definition) is 3. The van der Waals surface area contributed by atoms with E-state index in [9.17, 15) is 4.79 Å². The van der Waals surface area contributed by atoms with Gasteiger partial charge in [0.2, 0.25) is 0 Å². The fourth-order valence-corrected chi connectivity index (χ4v) is 1.60. The van der Waals surface area contributed by atoms with E-state index in [4.69, 9.17) is 10.9 Å². The Hall–Kier alpha value is -1.39. The fraction of sp³-hybridized carbons (Fsp3) is 0.222. The highest BCUT2D eigenvalue weighted by atomic mass is 16.3. The number of hydrazine groups is 1. The van der Waals surface area contributed by atoms with Gasteiger partial charge in [-0.1, -0.05) is 18.2 Å². The van der Waals surface area contributed by atoms with Crippen molar-refractivity contribution in [3.8, 4) is 0 Å². The van der Waals surface area contributed by atoms with E-state index in [1.807, 2.05) is 12.1 Å². The zero-order valence-electron chi connectivity index (χ0n) is 6.97. The van der Waals surface area contributed by atoms with E-state index in [2.05, 4.69) is 0 Å². The number of para-hydroxylation sites is 1. The second-order valence-corrected chi connectivity index (χ2v) is 3.00. The molecule has 0 fully saturated rings. The van der Waals surface area contributed by atoms with Crippen molar-refractivity contribution in [3.05, 3.63) is 29.8 Å². The van der Waals surface area contributed by atoms with Crippen molar-refractivity contribution < 1.29 is 9.90 Å². The van der Waals surface area contributed by atoms with E-state index in [0.717, 1.165) is 10.6 Å². The molecule has 0 aliphatic carbocycles. The van der Waals surface area contributed by atoms with Gasteiger partial charge in [-0.3, -0.25) is 4.79 Å². The van der Waals surface area contributed by atoms with E-state index in [1.54, 1.807) is 12.1 Å². The number of nitrogens with zero attached hydrogens (tertiary/aromatic N) is 1. The summed E-state index contributed by atoms with van der Waals surface area (Å²) in [6.45, 7) is -0.191. The van der Waals surface area contributed by atoms with Crippen LogP contribution in [0.2, 0.25) is 0 Å². The van der Waals surface area contributed by atoms with Crippen molar-refractivity contribution in [1.29, 1.82) is 0 Å². The molecule has 2 rings (SSSR count). The summed E-state index contributed by atoms with van der Waals surface area (Å²) in [4.78, 5) is 11.4. The Morgan fingerprint density at radius 3 is 2.85 bits per heavy atom. The second kappa shape index (κ2) is 2.83. The van der Waals surface area contributed by atoms with Crippen LogP contribution in [0.3, 0.4) is 0 Å². The lowest BCUT2D eigenvalue weighted by Gasteiger charge is -2.08. The number of nitrogens with two attached hydrogens (primary N) is 1. The van der Waals surface area contributed by atoms with E-state index < -0.39 is 5.92 Å². The number of hydrogen-bond donors (Lipinski definition) is 2. The number of rotatable bonds is 1. The van der Waals surface area contributed by atoms with Gasteiger partial charge in [-0.05, 0) is 11.6 Å². The van der Waals surface area contributed by atoms with Crippen molar-refractivity contribution in [1.82, 2.24) is 0 Å². The zero-order valence-corrected chi connectivity index (χ0v) is 6.97. The highest BCUT2D eigenvalue weighted by molar-refractivity contribution is 6.04. The molecular weight excluding hydrogens is 168 g/mol. The first-order valence-corrected chi connectivity index (χ1v) is 4.04. The molecule has 0 bridgehead atoms. The van der Waals surface area contributed by atoms with E-state index >= 15 is 0 Å². The standard InChI is InChI=1S/C9H10N2O2/c10-11-8-4-2-1-3-6(8)7(5-12)9(11)13/h1-4,7,12H,5,10H2. The van der Waals surface area contributed by atoms with Gasteiger partial charge in [0.1, 0.15) is 0 Å². The van der Waals surface area contributed by atoms with Gasteiger partial charge in [-0.25, -0.2) is 10.9 Å². The van der Waals surface area contributed by atoms with Crippen LogP contribution in [-0.4, -0.2) is 17.6 Å². The normalized spacial score (nSPS) is 20.6. The van der Waals surface area contributed by atoms with Gasteiger partial charge < -0.3 is 5.11 Å². The van der Waals surface area contributed by atoms with Gasteiger partial charge in [0.25, 0.3) is 5.91 Å². The minimum atomic E-state index is -0.485. The van der Waals surface area contributed by atoms with Crippen molar-refractivity contribution in [2.24, 2.45) is 5.84 Å². The van der Waals surface area contributed by atoms with Gasteiger partial charge >= 0.3 is 0 Å². The predicted molar refractivity (Wildman–Crippen MR) is 47.9 cm³/mol. The third kappa shape index (κ3) is 1.03. The SMILES string of the molecule is NN1C(=O)C(CO)c2ccccc21. The Morgan fingerprint density at radius 1 is 1.46 bits per heavy atom. The Kier molecular flexibility index (Phi) is 1.79. The van der Waals surface area contributed by atoms with Crippen molar-refractivity contribution in [2.75, 3.05) is 11.6 Å². The first-order chi connectivity index (χ1) is 6.25. The summed E-state index contributed by atoms with van der Waals surface area (Å²) in [5.41, 5.74) is 1.49. The van der Waals surface area contributed by atoms with Crippen LogP contribution in [0.25, 0.3) is 0 Å². The molecule has 1 aromatic carbocycles. The molecule has 4 nitrogen and oxygen atoms in total. The first kappa shape index (κ1) is 8.22. The number of carbonyl (C=O) groups is 1. The summed E-state index contributed by atoms with van der Waals surface area (Å²) in [6, 6.07) is 7.21. The van der Waals surface area contributed by atoms with Crippen LogP contribution in [0.1, 0.15) is 11.5 Å². The van der Waals surface area contributed by atoms with Gasteiger partial charge in [0.15, 0.2) is 0 Å². The Bertz CT molecular complexity index is 351. The third-order valence-electron chi connectivity index (χ3n) is 2.29. The number of anilines is 1. The maximum Gasteiger partial charge on any atom is 0.251 e. The minimum absolute atomic E-state index is 0.191. The number of aliphatic hydroxyl groups is 1. The van der Waals surface area contributed by atoms with Gasteiger partial charge in [0.05, 0.1) is 18.2 Å². The predicted octanol–water partition coefficient (Wildman–Crippen LogP) is -0.0172. The van der Waals surface area contributed by atoms with Crippen LogP contribution in [0, 0.1) is 0 Å². The smallest absolute Gasteiger partial charge is 0.251 e. The van der Waals surface area contributed by atoms with Crippen molar-refractivity contribution in [3.63, 3.8) is 0 Å². The molecule has 68 valence electrons. The van der Waals surface area contributed by atoms with Crippen molar-refractivity contribution >= 4 is 11.6 Å². The molecule has 0 saturated carbocycles. The third-order valence-corrected chi connectivity index (χ3v) is 2.29. The lowest BCUT2D eigenvalue weighted by atomic mass is 10.0. The number of carbonyl (C=O) groups excluding carboxylic acids is 1. The van der Waals surface area contributed by atoms with Gasteiger partial charge in [0, 0.05) is 0 Å². The highest BCUT2D eigenvalue weighted by Gasteiger charge is 2.34. The lowest BCUT2D eigenvalue weighted by molar-refractivity contribution is -0.120. The first-order valence-electron chi connectivity index (χ1n) is 4.04. The molecule has 0 saturated heterocycles. The summed E-state index contributed by atoms with van der Waals surface area (Å²) in [5, 5.41) is 10.1. The Morgan fingerprint density at radius 2 is 2.15 bits per heavy atom. The molecule has 1 aliphatic rings. The fourth-order valence-electron chi connectivity index (χ4n) is 1.60. The molecule has 1 unspecified atom stereocenters. The molecule has 1 aliphatic heterocycles. The van der Waals surface area contributed by atoms with Crippen LogP contribution in [0.15, 0.2) is 24.3 Å². The maximum absolute atomic E-state index is 11.4. The van der Waals surface area contributed by atoms with Crippen LogP contribution in [-0.2, 0) is 4.79 Å². The Balaban J connectivity index is 2.53. The topological polar surface area (TPSA) is 66.6 Å². The second-order valence-electron chi connectivity index (χ2n) is 3.00. The van der Waals surface area contributed by atoms with Crippen LogP contribution in [0.4, 0.5) is 5.69 Å². The van der Waals surface area contributed by atoms with E-state index in [-0.39, 0.29) is 12.5 Å². The summed E-state index contributed by atoms with van der Waals surface area (Å²) < 4.78 is 0. The van der Waals surface area contributed by atoms with Crippen LogP contribution < -0.4 is 10.9 Å². The summed E-state index contributed by atoms with van der Waals surface area (Å²) >= 11 is 0. The average Bonchev–Trinajstić information content (AvgIpc) is 2.41. The molecule has 1 amide bonds. The maximum atomic E-state index is 11.4. The number of fused-ring (bicyclic) bond motifs is 1.